The number of nitrogens with zero attached hydrogens (tertiary/aromatic N) is 1. The van der Waals surface area contributed by atoms with Crippen LogP contribution in [0.5, 0.6) is 0 Å². The summed E-state index contributed by atoms with van der Waals surface area (Å²) in [7, 11) is -14.4. The summed E-state index contributed by atoms with van der Waals surface area (Å²) in [6.45, 7) is 2.80. The molecule has 0 saturated carbocycles. The zero-order valence-electron chi connectivity index (χ0n) is 11.7. The van der Waals surface area contributed by atoms with Crippen molar-refractivity contribution in [3.63, 3.8) is 0 Å². The molecule has 0 radical (unpaired) electrons. The summed E-state index contributed by atoms with van der Waals surface area (Å²) in [4.78, 5) is 55.5. The Balaban J connectivity index is 5.72. The molecule has 0 aliphatic rings. The number of rotatable bonds is 9. The molecule has 0 aromatic carbocycles. The molecule has 0 bridgehead atoms. The van der Waals surface area contributed by atoms with Crippen LogP contribution < -0.4 is 0 Å². The van der Waals surface area contributed by atoms with Crippen molar-refractivity contribution in [2.75, 3.05) is 12.6 Å². The van der Waals surface area contributed by atoms with E-state index in [1.807, 2.05) is 0 Å². The minimum absolute atomic E-state index is 0.159. The molecule has 0 aromatic heterocycles. The molecular formula is C8H22NO9P3. The van der Waals surface area contributed by atoms with E-state index in [4.69, 9.17) is 19.6 Å². The van der Waals surface area contributed by atoms with Crippen molar-refractivity contribution in [1.82, 2.24) is 4.90 Å². The van der Waals surface area contributed by atoms with Gasteiger partial charge in [-0.3, -0.25) is 18.6 Å². The highest BCUT2D eigenvalue weighted by Crippen LogP contribution is 2.58. The van der Waals surface area contributed by atoms with Crippen molar-refractivity contribution < 1.29 is 43.1 Å². The summed E-state index contributed by atoms with van der Waals surface area (Å²) in [6.07, 6.45) is -1.59. The molecule has 1 atom stereocenters. The topological polar surface area (TPSA) is 176 Å². The van der Waals surface area contributed by atoms with Gasteiger partial charge in [0.05, 0.1) is 0 Å². The van der Waals surface area contributed by atoms with Crippen LogP contribution in [0.25, 0.3) is 0 Å². The third-order valence-electron chi connectivity index (χ3n) is 3.02. The van der Waals surface area contributed by atoms with Gasteiger partial charge in [-0.1, -0.05) is 19.8 Å². The number of hydrogen-bond acceptors (Lipinski definition) is 4. The predicted molar refractivity (Wildman–Crippen MR) is 75.6 cm³/mol. The van der Waals surface area contributed by atoms with E-state index in [9.17, 15) is 23.5 Å². The lowest BCUT2D eigenvalue weighted by Crippen LogP contribution is -2.47. The van der Waals surface area contributed by atoms with Gasteiger partial charge in [0.2, 0.25) is 0 Å². The van der Waals surface area contributed by atoms with Crippen LogP contribution in [-0.2, 0) is 13.7 Å². The Morgan fingerprint density at radius 1 is 0.905 bits per heavy atom. The molecule has 21 heavy (non-hydrogen) atoms. The van der Waals surface area contributed by atoms with Crippen molar-refractivity contribution >= 4 is 22.8 Å². The molecule has 0 aliphatic heterocycles. The van der Waals surface area contributed by atoms with Crippen LogP contribution in [0.1, 0.15) is 33.1 Å². The van der Waals surface area contributed by atoms with E-state index in [0.29, 0.717) is 17.7 Å². The summed E-state index contributed by atoms with van der Waals surface area (Å²) in [6, 6.07) is 0. The minimum atomic E-state index is -4.91. The molecule has 0 aliphatic carbocycles. The molecule has 1 unspecified atom stereocenters. The highest BCUT2D eigenvalue weighted by atomic mass is 31.2. The van der Waals surface area contributed by atoms with E-state index in [2.05, 4.69) is 0 Å². The predicted octanol–water partition coefficient (Wildman–Crippen LogP) is 0.643. The smallest absolute Gasteiger partial charge is 0.324 e. The van der Waals surface area contributed by atoms with E-state index < -0.39 is 40.6 Å². The average Bonchev–Trinajstić information content (AvgIpc) is 2.19. The van der Waals surface area contributed by atoms with E-state index >= 15 is 0 Å². The Labute approximate surface area is 122 Å². The van der Waals surface area contributed by atoms with Gasteiger partial charge in [-0.05, 0) is 13.3 Å². The second-order valence-corrected chi connectivity index (χ2v) is 10.3. The van der Waals surface area contributed by atoms with Crippen LogP contribution in [0.15, 0.2) is 0 Å². The fourth-order valence-electron chi connectivity index (χ4n) is 1.79. The Kier molecular flexibility index (Phi) is 7.46. The molecule has 0 spiro atoms. The van der Waals surface area contributed by atoms with E-state index in [-0.39, 0.29) is 6.42 Å². The van der Waals surface area contributed by atoms with Crippen LogP contribution >= 0.6 is 22.8 Å². The van der Waals surface area contributed by atoms with Gasteiger partial charge in [0.25, 0.3) is 0 Å². The van der Waals surface area contributed by atoms with Crippen molar-refractivity contribution in [1.29, 1.82) is 0 Å². The summed E-state index contributed by atoms with van der Waals surface area (Å²) < 4.78 is 34.0. The molecule has 10 nitrogen and oxygen atoms in total. The first-order valence-electron chi connectivity index (χ1n) is 6.02. The molecule has 128 valence electrons. The SMILES string of the molecule is CCCCC(C)(N(CP(=O)(O)O)CP(=O)(O)O)P(=O)(O)O. The van der Waals surface area contributed by atoms with Gasteiger partial charge < -0.3 is 29.4 Å². The van der Waals surface area contributed by atoms with Crippen molar-refractivity contribution in [3.05, 3.63) is 0 Å². The zero-order valence-corrected chi connectivity index (χ0v) is 14.4. The van der Waals surface area contributed by atoms with Gasteiger partial charge in [-0.2, -0.15) is 0 Å². The van der Waals surface area contributed by atoms with Crippen molar-refractivity contribution in [2.24, 2.45) is 0 Å². The summed E-state index contributed by atoms with van der Waals surface area (Å²) >= 11 is 0. The Bertz CT molecular complexity index is 455. The molecular weight excluding hydrogens is 347 g/mol. The fraction of sp³-hybridized carbons (Fsp3) is 1.00. The zero-order chi connectivity index (χ0) is 17.1. The van der Waals surface area contributed by atoms with Crippen LogP contribution in [0.3, 0.4) is 0 Å². The Hall–Kier alpha value is 0.410. The first-order chi connectivity index (χ1) is 9.12. The monoisotopic (exact) mass is 369 g/mol. The van der Waals surface area contributed by atoms with E-state index in [0.717, 1.165) is 6.92 Å². The average molecular weight is 369 g/mol. The molecule has 0 aromatic rings. The minimum Gasteiger partial charge on any atom is -0.324 e. The maximum atomic E-state index is 11.7. The molecule has 0 heterocycles. The molecule has 13 heteroatoms. The summed E-state index contributed by atoms with van der Waals surface area (Å²) in [5, 5.41) is -2.06. The quantitative estimate of drug-likeness (QED) is 0.316. The summed E-state index contributed by atoms with van der Waals surface area (Å²) in [5.41, 5.74) is 0. The lowest BCUT2D eigenvalue weighted by molar-refractivity contribution is 0.154. The highest BCUT2D eigenvalue weighted by Gasteiger charge is 2.50. The highest BCUT2D eigenvalue weighted by molar-refractivity contribution is 7.54. The maximum absolute atomic E-state index is 11.7. The van der Waals surface area contributed by atoms with Crippen molar-refractivity contribution in [2.45, 2.75) is 38.4 Å². The first-order valence-corrected chi connectivity index (χ1v) is 11.2. The van der Waals surface area contributed by atoms with Gasteiger partial charge in [0, 0.05) is 0 Å². The molecule has 6 N–H and O–H groups in total. The lowest BCUT2D eigenvalue weighted by atomic mass is 10.1. The number of unbranched alkanes of at least 4 members (excludes halogenated alkanes) is 1. The number of hydrogen-bond donors (Lipinski definition) is 6. The van der Waals surface area contributed by atoms with Gasteiger partial charge in [0.15, 0.2) is 0 Å². The lowest BCUT2D eigenvalue weighted by Gasteiger charge is -2.41. The second kappa shape index (κ2) is 7.32. The van der Waals surface area contributed by atoms with E-state index in [1.54, 1.807) is 6.92 Å². The molecule has 0 saturated heterocycles. The Morgan fingerprint density at radius 2 is 1.29 bits per heavy atom. The second-order valence-electron chi connectivity index (χ2n) is 5.02. The molecule has 0 amide bonds. The van der Waals surface area contributed by atoms with Crippen LogP contribution in [0.2, 0.25) is 0 Å². The van der Waals surface area contributed by atoms with Crippen LogP contribution in [0, 0.1) is 0 Å². The van der Waals surface area contributed by atoms with Crippen LogP contribution in [0.4, 0.5) is 0 Å². The largest absolute Gasteiger partial charge is 0.345 e. The van der Waals surface area contributed by atoms with Gasteiger partial charge in [0.1, 0.15) is 17.9 Å². The van der Waals surface area contributed by atoms with E-state index in [1.165, 1.54) is 0 Å². The van der Waals surface area contributed by atoms with Crippen LogP contribution in [-0.4, -0.2) is 52.1 Å². The van der Waals surface area contributed by atoms with Crippen molar-refractivity contribution in [3.8, 4) is 0 Å². The first kappa shape index (κ1) is 21.4. The van der Waals surface area contributed by atoms with Gasteiger partial charge in [-0.25, -0.2) is 0 Å². The normalized spacial score (nSPS) is 17.0. The third kappa shape index (κ3) is 7.48. The molecule has 0 rings (SSSR count). The Morgan fingerprint density at radius 3 is 1.52 bits per heavy atom. The van der Waals surface area contributed by atoms with Gasteiger partial charge >= 0.3 is 22.8 Å². The standard InChI is InChI=1S/C8H22NO9P3/c1-3-4-5-8(2,21(16,17)18)9(6-19(10,11)12)7-20(13,14)15/h3-7H2,1-2H3,(H2,10,11,12)(H2,13,14,15)(H2,16,17,18). The maximum Gasteiger partial charge on any atom is 0.345 e. The summed E-state index contributed by atoms with van der Waals surface area (Å²) in [5.74, 6) is 0. The van der Waals surface area contributed by atoms with Gasteiger partial charge in [-0.15, -0.1) is 0 Å². The molecule has 0 fully saturated rings. The fourth-order valence-corrected chi connectivity index (χ4v) is 4.85. The third-order valence-corrected chi connectivity index (χ3v) is 6.20.